The minimum atomic E-state index is -0.310. The first-order valence-corrected chi connectivity index (χ1v) is 13.1. The highest BCUT2D eigenvalue weighted by molar-refractivity contribution is 5.87. The lowest BCUT2D eigenvalue weighted by molar-refractivity contribution is -0.128. The van der Waals surface area contributed by atoms with E-state index in [2.05, 4.69) is 62.9 Å². The monoisotopic (exact) mass is 501 g/mol. The fourth-order valence-corrected chi connectivity index (χ4v) is 5.28. The number of carbonyl (C=O) groups is 1. The molecule has 9 heteroatoms. The lowest BCUT2D eigenvalue weighted by Crippen LogP contribution is -2.49. The number of hydrogen-bond donors (Lipinski definition) is 1. The predicted molar refractivity (Wildman–Crippen MR) is 144 cm³/mol. The van der Waals surface area contributed by atoms with Crippen LogP contribution in [0.5, 0.6) is 0 Å². The fourth-order valence-electron chi connectivity index (χ4n) is 5.28. The molecule has 2 fully saturated rings. The van der Waals surface area contributed by atoms with E-state index in [-0.39, 0.29) is 23.7 Å². The van der Waals surface area contributed by atoms with Crippen LogP contribution in [-0.2, 0) is 4.79 Å². The second kappa shape index (κ2) is 10.4. The Morgan fingerprint density at radius 3 is 2.30 bits per heavy atom. The summed E-state index contributed by atoms with van der Waals surface area (Å²) in [6, 6.07) is 9.15. The molecule has 1 amide bonds. The molecule has 5 rings (SSSR count). The lowest BCUT2D eigenvalue weighted by Gasteiger charge is -2.39. The maximum Gasteiger partial charge on any atom is 0.349 e. The van der Waals surface area contributed by atoms with E-state index in [1.165, 1.54) is 30.7 Å². The predicted octanol–water partition coefficient (Wildman–Crippen LogP) is 3.72. The number of aromatic nitrogens is 4. The van der Waals surface area contributed by atoms with Crippen molar-refractivity contribution in [2.45, 2.75) is 51.7 Å². The Hall–Kier alpha value is -3.59. The van der Waals surface area contributed by atoms with Crippen LogP contribution in [0.3, 0.4) is 0 Å². The number of fused-ring (bicyclic) bond motifs is 1. The summed E-state index contributed by atoms with van der Waals surface area (Å²) in [5, 5.41) is 4.12. The van der Waals surface area contributed by atoms with Crippen molar-refractivity contribution in [2.75, 3.05) is 31.5 Å². The molecule has 0 radical (unpaired) electrons. The smallest absolute Gasteiger partial charge is 0.348 e. The summed E-state index contributed by atoms with van der Waals surface area (Å²) in [4.78, 5) is 41.7. The van der Waals surface area contributed by atoms with Crippen molar-refractivity contribution in [3.05, 3.63) is 70.9 Å². The first kappa shape index (κ1) is 25.1. The fraction of sp³-hybridized carbons (Fsp3) is 0.464. The summed E-state index contributed by atoms with van der Waals surface area (Å²) in [6.45, 7) is 12.9. The summed E-state index contributed by atoms with van der Waals surface area (Å²) in [5.41, 5.74) is 2.74. The lowest BCUT2D eigenvalue weighted by atomic mass is 9.97. The Kier molecular flexibility index (Phi) is 7.06. The van der Waals surface area contributed by atoms with E-state index in [4.69, 9.17) is 0 Å². The van der Waals surface area contributed by atoms with Crippen LogP contribution in [0, 0.1) is 5.92 Å². The van der Waals surface area contributed by atoms with Crippen molar-refractivity contribution in [3.8, 4) is 0 Å². The Morgan fingerprint density at radius 2 is 1.68 bits per heavy atom. The minimum absolute atomic E-state index is 0.0135. The summed E-state index contributed by atoms with van der Waals surface area (Å²) < 4.78 is 1.59. The molecule has 1 N–H and O–H groups in total. The number of nitrogens with zero attached hydrogens (tertiary/aromatic N) is 6. The van der Waals surface area contributed by atoms with E-state index in [9.17, 15) is 9.59 Å². The molecule has 2 atom stereocenters. The number of hydrogen-bond acceptors (Lipinski definition) is 7. The summed E-state index contributed by atoms with van der Waals surface area (Å²) in [5.74, 6) is 1.18. The van der Waals surface area contributed by atoms with Gasteiger partial charge in [-0.25, -0.2) is 14.8 Å². The summed E-state index contributed by atoms with van der Waals surface area (Å²) in [7, 11) is 0. The topological polar surface area (TPSA) is 96.3 Å². The molecular weight excluding hydrogens is 466 g/mol. The molecule has 194 valence electrons. The SMILES string of the molecule is C=CC(=O)N1CCN(C(c2ccc([C@H](C)Nc3ncc4cnc(=O)n(C(C)C)c4n3)cc2)C2CC2)CC1. The molecule has 0 spiro atoms. The molecule has 1 saturated carbocycles. The molecule has 37 heavy (non-hydrogen) atoms. The molecule has 1 saturated heterocycles. The van der Waals surface area contributed by atoms with E-state index >= 15 is 0 Å². The number of benzene rings is 1. The van der Waals surface area contributed by atoms with Gasteiger partial charge in [0.25, 0.3) is 0 Å². The number of nitrogens with one attached hydrogen (secondary N) is 1. The number of piperazine rings is 1. The van der Waals surface area contributed by atoms with Gasteiger partial charge in [-0.1, -0.05) is 30.8 Å². The summed E-state index contributed by atoms with van der Waals surface area (Å²) >= 11 is 0. The first-order valence-electron chi connectivity index (χ1n) is 13.1. The normalized spacial score (nSPS) is 18.1. The molecule has 1 aliphatic carbocycles. The molecule has 2 aromatic heterocycles. The third kappa shape index (κ3) is 5.27. The van der Waals surface area contributed by atoms with Crippen molar-refractivity contribution in [2.24, 2.45) is 5.92 Å². The zero-order valence-corrected chi connectivity index (χ0v) is 21.8. The second-order valence-corrected chi connectivity index (χ2v) is 10.4. The van der Waals surface area contributed by atoms with Gasteiger partial charge in [-0.15, -0.1) is 0 Å². The molecule has 1 unspecified atom stereocenters. The maximum atomic E-state index is 12.3. The van der Waals surface area contributed by atoms with Gasteiger partial charge < -0.3 is 10.2 Å². The van der Waals surface area contributed by atoms with E-state index < -0.39 is 0 Å². The average Bonchev–Trinajstić information content (AvgIpc) is 3.74. The average molecular weight is 502 g/mol. The molecule has 3 heterocycles. The molecule has 9 nitrogen and oxygen atoms in total. The number of amides is 1. The molecule has 3 aromatic rings. The van der Waals surface area contributed by atoms with Crippen LogP contribution < -0.4 is 11.0 Å². The van der Waals surface area contributed by atoms with Crippen molar-refractivity contribution < 1.29 is 4.79 Å². The van der Waals surface area contributed by atoms with Crippen molar-refractivity contribution >= 4 is 22.9 Å². The number of rotatable bonds is 8. The number of anilines is 1. The van der Waals surface area contributed by atoms with Gasteiger partial charge in [-0.3, -0.25) is 14.3 Å². The van der Waals surface area contributed by atoms with Crippen molar-refractivity contribution in [1.29, 1.82) is 0 Å². The van der Waals surface area contributed by atoms with Crippen molar-refractivity contribution in [3.63, 3.8) is 0 Å². The standard InChI is InChI=1S/C28H35N7O2/c1-5-24(36)33-12-14-34(15-13-33)25(22-10-11-22)21-8-6-20(7-9-21)19(4)31-27-29-16-23-17-30-28(37)35(18(2)3)26(23)32-27/h5-9,16-19,22,25H,1,10-15H2,2-4H3,(H,29,31,32)/t19-,25?/m0/s1. The second-order valence-electron chi connectivity index (χ2n) is 10.4. The van der Waals surface area contributed by atoms with Crippen LogP contribution in [0.2, 0.25) is 0 Å². The minimum Gasteiger partial charge on any atom is -0.348 e. The van der Waals surface area contributed by atoms with Gasteiger partial charge in [0.15, 0.2) is 5.65 Å². The van der Waals surface area contributed by atoms with Gasteiger partial charge in [0.1, 0.15) is 0 Å². The Morgan fingerprint density at radius 1 is 1.03 bits per heavy atom. The zero-order chi connectivity index (χ0) is 26.1. The van der Waals surface area contributed by atoms with Gasteiger partial charge in [-0.05, 0) is 56.7 Å². The quantitative estimate of drug-likeness (QED) is 0.470. The molecule has 1 aliphatic heterocycles. The highest BCUT2D eigenvalue weighted by Crippen LogP contribution is 2.45. The van der Waals surface area contributed by atoms with Crippen LogP contribution in [0.15, 0.2) is 54.1 Å². The highest BCUT2D eigenvalue weighted by atomic mass is 16.2. The van der Waals surface area contributed by atoms with Gasteiger partial charge in [0.05, 0.1) is 11.4 Å². The van der Waals surface area contributed by atoms with E-state index in [1.54, 1.807) is 10.8 Å². The van der Waals surface area contributed by atoms with Crippen LogP contribution in [-0.4, -0.2) is 61.4 Å². The molecule has 2 aliphatic rings. The summed E-state index contributed by atoms with van der Waals surface area (Å²) in [6.07, 6.45) is 7.15. The van der Waals surface area contributed by atoms with Gasteiger partial charge >= 0.3 is 5.69 Å². The molecule has 1 aromatic carbocycles. The Labute approximate surface area is 217 Å². The highest BCUT2D eigenvalue weighted by Gasteiger charge is 2.37. The molecular formula is C28H35N7O2. The van der Waals surface area contributed by atoms with Gasteiger partial charge in [0.2, 0.25) is 11.9 Å². The van der Waals surface area contributed by atoms with Gasteiger partial charge in [0, 0.05) is 50.7 Å². The van der Waals surface area contributed by atoms with Crippen LogP contribution in [0.4, 0.5) is 5.95 Å². The maximum absolute atomic E-state index is 12.3. The van der Waals surface area contributed by atoms with E-state index in [0.717, 1.165) is 37.1 Å². The Balaban J connectivity index is 1.30. The zero-order valence-electron chi connectivity index (χ0n) is 21.8. The Bertz CT molecular complexity index is 1340. The first-order chi connectivity index (χ1) is 17.9. The molecule has 0 bridgehead atoms. The van der Waals surface area contributed by atoms with Crippen LogP contribution >= 0.6 is 0 Å². The third-order valence-corrected chi connectivity index (χ3v) is 7.45. The third-order valence-electron chi connectivity index (χ3n) is 7.45. The largest absolute Gasteiger partial charge is 0.349 e. The van der Waals surface area contributed by atoms with Gasteiger partial charge in [-0.2, -0.15) is 4.98 Å². The van der Waals surface area contributed by atoms with Crippen molar-refractivity contribution in [1.82, 2.24) is 29.3 Å². The number of carbonyl (C=O) groups excluding carboxylic acids is 1. The van der Waals surface area contributed by atoms with E-state index in [0.29, 0.717) is 23.6 Å². The van der Waals surface area contributed by atoms with Crippen LogP contribution in [0.25, 0.3) is 11.0 Å². The van der Waals surface area contributed by atoms with E-state index in [1.807, 2.05) is 18.7 Å². The van der Waals surface area contributed by atoms with Crippen LogP contribution in [0.1, 0.15) is 62.9 Å².